The lowest BCUT2D eigenvalue weighted by Crippen LogP contribution is -2.46. The van der Waals surface area contributed by atoms with Crippen LogP contribution in [0.15, 0.2) is 12.1 Å². The van der Waals surface area contributed by atoms with Crippen molar-refractivity contribution in [3.05, 3.63) is 23.3 Å². The molecule has 2 aliphatic rings. The van der Waals surface area contributed by atoms with Crippen molar-refractivity contribution in [3.8, 4) is 11.5 Å². The zero-order chi connectivity index (χ0) is 17.2. The number of hydrogen-bond acceptors (Lipinski definition) is 4. The Hall–Kier alpha value is -1.31. The van der Waals surface area contributed by atoms with Crippen molar-refractivity contribution in [3.63, 3.8) is 0 Å². The maximum Gasteiger partial charge on any atom is 0.282 e. The molecule has 7 heteroatoms. The van der Waals surface area contributed by atoms with Crippen LogP contribution in [0.5, 0.6) is 11.5 Å². The normalized spacial score (nSPS) is 20.2. The molecule has 0 unspecified atom stereocenters. The first kappa shape index (κ1) is 17.5. The van der Waals surface area contributed by atoms with Crippen LogP contribution in [-0.4, -0.2) is 50.9 Å². The topological polar surface area (TPSA) is 59.1 Å². The van der Waals surface area contributed by atoms with Gasteiger partial charge in [0.05, 0.1) is 14.2 Å². The summed E-state index contributed by atoms with van der Waals surface area (Å²) in [7, 11) is -0.181. The third-order valence-corrected chi connectivity index (χ3v) is 6.88. The van der Waals surface area contributed by atoms with E-state index in [9.17, 15) is 8.42 Å². The molecule has 6 nitrogen and oxygen atoms in total. The molecule has 0 aliphatic carbocycles. The fourth-order valence-electron chi connectivity index (χ4n) is 3.49. The Morgan fingerprint density at radius 2 is 1.42 bits per heavy atom. The highest BCUT2D eigenvalue weighted by Crippen LogP contribution is 2.34. The molecular weight excluding hydrogens is 328 g/mol. The fraction of sp³-hybridized carbons (Fsp3) is 0.647. The molecule has 1 fully saturated rings. The minimum Gasteiger partial charge on any atom is -0.493 e. The molecule has 1 aromatic rings. The summed E-state index contributed by atoms with van der Waals surface area (Å²) in [4.78, 5) is 0. The first-order valence-corrected chi connectivity index (χ1v) is 9.95. The van der Waals surface area contributed by atoms with Crippen LogP contribution in [0, 0.1) is 0 Å². The van der Waals surface area contributed by atoms with Crippen LogP contribution in [0.25, 0.3) is 0 Å². The average molecular weight is 354 g/mol. The van der Waals surface area contributed by atoms with Crippen molar-refractivity contribution in [1.29, 1.82) is 0 Å². The highest BCUT2D eigenvalue weighted by atomic mass is 32.2. The van der Waals surface area contributed by atoms with Gasteiger partial charge in [0.15, 0.2) is 11.5 Å². The number of rotatable bonds is 4. The highest BCUT2D eigenvalue weighted by molar-refractivity contribution is 7.86. The first-order chi connectivity index (χ1) is 11.6. The molecule has 0 atom stereocenters. The van der Waals surface area contributed by atoms with Crippen LogP contribution in [0.1, 0.15) is 36.8 Å². The fourth-order valence-corrected chi connectivity index (χ4v) is 5.16. The number of benzene rings is 1. The van der Waals surface area contributed by atoms with E-state index in [1.807, 2.05) is 12.1 Å². The van der Waals surface area contributed by atoms with Crippen LogP contribution >= 0.6 is 0 Å². The Balaban J connectivity index is 1.83. The van der Waals surface area contributed by atoms with Gasteiger partial charge >= 0.3 is 0 Å². The van der Waals surface area contributed by atoms with Gasteiger partial charge in [-0.05, 0) is 42.5 Å². The highest BCUT2D eigenvalue weighted by Gasteiger charge is 2.33. The predicted molar refractivity (Wildman–Crippen MR) is 92.6 cm³/mol. The lowest BCUT2D eigenvalue weighted by Gasteiger charge is -2.33. The molecule has 0 saturated carbocycles. The van der Waals surface area contributed by atoms with Gasteiger partial charge in [0, 0.05) is 26.2 Å². The molecule has 0 amide bonds. The molecule has 1 aromatic carbocycles. The molecular formula is C17H26N2O4S. The zero-order valence-electron chi connectivity index (χ0n) is 14.5. The minimum atomic E-state index is -3.39. The number of ether oxygens (including phenoxy) is 2. The molecule has 0 radical (unpaired) electrons. The van der Waals surface area contributed by atoms with Gasteiger partial charge in [0.25, 0.3) is 10.2 Å². The van der Waals surface area contributed by atoms with E-state index in [4.69, 9.17) is 9.47 Å². The van der Waals surface area contributed by atoms with Gasteiger partial charge in [-0.1, -0.05) is 12.8 Å². The summed E-state index contributed by atoms with van der Waals surface area (Å²) in [5.41, 5.74) is 2.13. The second kappa shape index (κ2) is 7.29. The molecule has 2 heterocycles. The first-order valence-electron chi connectivity index (χ1n) is 8.55. The van der Waals surface area contributed by atoms with Gasteiger partial charge in [0.2, 0.25) is 0 Å². The number of fused-ring (bicyclic) bond motifs is 1. The Morgan fingerprint density at radius 3 is 2.00 bits per heavy atom. The van der Waals surface area contributed by atoms with E-state index in [-0.39, 0.29) is 0 Å². The van der Waals surface area contributed by atoms with Crippen LogP contribution < -0.4 is 9.47 Å². The number of hydrogen-bond donors (Lipinski definition) is 0. The predicted octanol–water partition coefficient (Wildman–Crippen LogP) is 2.18. The minimum absolute atomic E-state index is 0.397. The maximum atomic E-state index is 13.0. The Morgan fingerprint density at radius 1 is 0.833 bits per heavy atom. The zero-order valence-corrected chi connectivity index (χ0v) is 15.3. The number of nitrogens with zero attached hydrogens (tertiary/aromatic N) is 2. The van der Waals surface area contributed by atoms with Crippen molar-refractivity contribution in [2.24, 2.45) is 0 Å². The van der Waals surface area contributed by atoms with Crippen LogP contribution in [0.3, 0.4) is 0 Å². The lowest BCUT2D eigenvalue weighted by atomic mass is 10.0. The van der Waals surface area contributed by atoms with E-state index < -0.39 is 10.2 Å². The van der Waals surface area contributed by atoms with Crippen LogP contribution in [-0.2, 0) is 23.2 Å². The third-order valence-electron chi connectivity index (χ3n) is 4.90. The van der Waals surface area contributed by atoms with E-state index in [1.165, 1.54) is 0 Å². The van der Waals surface area contributed by atoms with Gasteiger partial charge in [-0.25, -0.2) is 0 Å². The quantitative estimate of drug-likeness (QED) is 0.832. The molecule has 2 aliphatic heterocycles. The van der Waals surface area contributed by atoms with Crippen molar-refractivity contribution in [2.45, 2.75) is 38.6 Å². The van der Waals surface area contributed by atoms with Crippen LogP contribution in [0.2, 0.25) is 0 Å². The SMILES string of the molecule is COc1cc2c(cc1OC)CN(S(=O)(=O)N1CCCCCC1)CC2. The Kier molecular flexibility index (Phi) is 5.32. The van der Waals surface area contributed by atoms with E-state index in [2.05, 4.69) is 0 Å². The Bertz CT molecular complexity index is 682. The van der Waals surface area contributed by atoms with Gasteiger partial charge in [-0.3, -0.25) is 0 Å². The van der Waals surface area contributed by atoms with Gasteiger partial charge in [-0.2, -0.15) is 17.0 Å². The monoisotopic (exact) mass is 354 g/mol. The summed E-state index contributed by atoms with van der Waals surface area (Å²) < 4.78 is 39.9. The van der Waals surface area contributed by atoms with Gasteiger partial charge in [-0.15, -0.1) is 0 Å². The average Bonchev–Trinajstić information content (AvgIpc) is 2.89. The third kappa shape index (κ3) is 3.38. The molecule has 0 aromatic heterocycles. The van der Waals surface area contributed by atoms with Crippen molar-refractivity contribution in [2.75, 3.05) is 33.9 Å². The molecule has 3 rings (SSSR count). The Labute approximate surface area is 144 Å². The molecule has 0 bridgehead atoms. The lowest BCUT2D eigenvalue weighted by molar-refractivity contribution is 0.324. The van der Waals surface area contributed by atoms with Gasteiger partial charge < -0.3 is 9.47 Å². The molecule has 0 spiro atoms. The van der Waals surface area contributed by atoms with Crippen molar-refractivity contribution < 1.29 is 17.9 Å². The van der Waals surface area contributed by atoms with E-state index in [0.717, 1.165) is 36.8 Å². The maximum absolute atomic E-state index is 13.0. The largest absolute Gasteiger partial charge is 0.493 e. The summed E-state index contributed by atoms with van der Waals surface area (Å²) in [6.07, 6.45) is 4.84. The smallest absolute Gasteiger partial charge is 0.282 e. The standard InChI is InChI=1S/C17H26N2O4S/c1-22-16-11-14-7-10-19(13-15(14)12-17(16)23-2)24(20,21)18-8-5-3-4-6-9-18/h11-12H,3-10,13H2,1-2H3. The summed E-state index contributed by atoms with van der Waals surface area (Å²) in [6.45, 7) is 2.19. The van der Waals surface area contributed by atoms with Crippen LogP contribution in [0.4, 0.5) is 0 Å². The van der Waals surface area contributed by atoms with E-state index >= 15 is 0 Å². The summed E-state index contributed by atoms with van der Waals surface area (Å²) in [6, 6.07) is 3.86. The molecule has 0 N–H and O–H groups in total. The number of methoxy groups -OCH3 is 2. The van der Waals surface area contributed by atoms with E-state index in [0.29, 0.717) is 44.1 Å². The summed E-state index contributed by atoms with van der Waals surface area (Å²) >= 11 is 0. The van der Waals surface area contributed by atoms with Crippen molar-refractivity contribution in [1.82, 2.24) is 8.61 Å². The van der Waals surface area contributed by atoms with E-state index in [1.54, 1.807) is 22.8 Å². The molecule has 134 valence electrons. The van der Waals surface area contributed by atoms with Crippen molar-refractivity contribution >= 4 is 10.2 Å². The second-order valence-corrected chi connectivity index (χ2v) is 8.31. The second-order valence-electron chi connectivity index (χ2n) is 6.38. The molecule has 1 saturated heterocycles. The summed E-state index contributed by atoms with van der Waals surface area (Å²) in [5, 5.41) is 0. The summed E-state index contributed by atoms with van der Waals surface area (Å²) in [5.74, 6) is 1.34. The van der Waals surface area contributed by atoms with Gasteiger partial charge in [0.1, 0.15) is 0 Å². The molecule has 24 heavy (non-hydrogen) atoms.